The van der Waals surface area contributed by atoms with Gasteiger partial charge in [0, 0.05) is 11.6 Å². The largest absolute Gasteiger partial charge is 0.489 e. The summed E-state index contributed by atoms with van der Waals surface area (Å²) in [5.74, 6) is 0.856. The lowest BCUT2D eigenvalue weighted by Crippen LogP contribution is -2.29. The molecule has 4 aromatic rings. The highest BCUT2D eigenvalue weighted by Gasteiger charge is 2.25. The van der Waals surface area contributed by atoms with Gasteiger partial charge in [-0.1, -0.05) is 55.7 Å². The highest BCUT2D eigenvalue weighted by molar-refractivity contribution is 7.89. The number of sulfonamides is 1. The maximum absolute atomic E-state index is 12.8. The van der Waals surface area contributed by atoms with Crippen molar-refractivity contribution in [2.75, 3.05) is 6.26 Å². The monoisotopic (exact) mass is 503 g/mol. The number of hydrogen-bond acceptors (Lipinski definition) is 5. The summed E-state index contributed by atoms with van der Waals surface area (Å²) in [6.07, 6.45) is 6.55. The minimum atomic E-state index is -3.69. The summed E-state index contributed by atoms with van der Waals surface area (Å²) in [6, 6.07) is 23.5. The molecular weight excluding hydrogens is 474 g/mol. The highest BCUT2D eigenvalue weighted by Crippen LogP contribution is 2.37. The van der Waals surface area contributed by atoms with E-state index in [2.05, 4.69) is 9.29 Å². The number of nitrogens with one attached hydrogen (secondary N) is 1. The van der Waals surface area contributed by atoms with Crippen LogP contribution in [0.5, 0.6) is 5.75 Å². The molecule has 0 saturated heterocycles. The van der Waals surface area contributed by atoms with Gasteiger partial charge in [0.25, 0.3) is 5.91 Å². The van der Waals surface area contributed by atoms with Gasteiger partial charge in [0.05, 0.1) is 17.3 Å². The predicted octanol–water partition coefficient (Wildman–Crippen LogP) is 5.48. The lowest BCUT2D eigenvalue weighted by atomic mass is 9.94. The van der Waals surface area contributed by atoms with Crippen molar-refractivity contribution in [3.8, 4) is 17.1 Å². The van der Waals surface area contributed by atoms with Crippen LogP contribution >= 0.6 is 0 Å². The summed E-state index contributed by atoms with van der Waals surface area (Å²) < 4.78 is 33.7. The van der Waals surface area contributed by atoms with Gasteiger partial charge in [0.2, 0.25) is 10.0 Å². The second-order valence-electron chi connectivity index (χ2n) is 9.27. The highest BCUT2D eigenvalue weighted by atomic mass is 32.2. The van der Waals surface area contributed by atoms with Gasteiger partial charge in [0.1, 0.15) is 23.7 Å². The standard InChI is InChI=1S/C28H29N3O4S/c1-36(33,34)30-28(32)24-13-8-14-25-26(24)29-27(31(25)22-11-6-3-7-12-22)21-15-17-23(18-16-21)35-19-20-9-4-2-5-10-20/h2,4-5,8-10,13-18,22H,3,6-7,11-12,19H2,1H3,(H,30,32). The van der Waals surface area contributed by atoms with E-state index in [1.54, 1.807) is 12.1 Å². The third-order valence-electron chi connectivity index (χ3n) is 6.54. The van der Waals surface area contributed by atoms with Crippen LogP contribution in [0, 0.1) is 0 Å². The van der Waals surface area contributed by atoms with E-state index >= 15 is 0 Å². The topological polar surface area (TPSA) is 90.3 Å². The Morgan fingerprint density at radius 2 is 1.69 bits per heavy atom. The first-order chi connectivity index (χ1) is 17.4. The number of benzene rings is 3. The van der Waals surface area contributed by atoms with E-state index in [4.69, 9.17) is 9.72 Å². The van der Waals surface area contributed by atoms with E-state index in [-0.39, 0.29) is 11.6 Å². The Morgan fingerprint density at radius 3 is 2.39 bits per heavy atom. The van der Waals surface area contributed by atoms with Crippen LogP contribution in [0.3, 0.4) is 0 Å². The lowest BCUT2D eigenvalue weighted by molar-refractivity contribution is 0.0983. The molecule has 1 amide bonds. The van der Waals surface area contributed by atoms with Gasteiger partial charge < -0.3 is 9.30 Å². The number of ether oxygens (including phenoxy) is 1. The van der Waals surface area contributed by atoms with Gasteiger partial charge in [-0.15, -0.1) is 0 Å². The normalized spacial score (nSPS) is 14.6. The van der Waals surface area contributed by atoms with Crippen LogP contribution < -0.4 is 9.46 Å². The van der Waals surface area contributed by atoms with Gasteiger partial charge in [-0.3, -0.25) is 4.79 Å². The number of para-hydroxylation sites is 1. The second-order valence-corrected chi connectivity index (χ2v) is 11.0. The minimum Gasteiger partial charge on any atom is -0.489 e. The molecular formula is C28H29N3O4S. The van der Waals surface area contributed by atoms with Crippen molar-refractivity contribution in [1.82, 2.24) is 14.3 Å². The molecule has 1 aromatic heterocycles. The number of nitrogens with zero attached hydrogens (tertiary/aromatic N) is 2. The SMILES string of the molecule is CS(=O)(=O)NC(=O)c1cccc2c1nc(-c1ccc(OCc3ccccc3)cc1)n2C1CCCCC1. The molecule has 1 saturated carbocycles. The third-order valence-corrected chi connectivity index (χ3v) is 7.10. The predicted molar refractivity (Wildman–Crippen MR) is 140 cm³/mol. The Hall–Kier alpha value is -3.65. The fraction of sp³-hybridized carbons (Fsp3) is 0.286. The summed E-state index contributed by atoms with van der Waals surface area (Å²) in [4.78, 5) is 17.7. The molecule has 0 aliphatic heterocycles. The molecule has 0 unspecified atom stereocenters. The zero-order chi connectivity index (χ0) is 25.1. The Kier molecular flexibility index (Phi) is 6.78. The number of carbonyl (C=O) groups excluding carboxylic acids is 1. The first-order valence-corrected chi connectivity index (χ1v) is 14.1. The zero-order valence-corrected chi connectivity index (χ0v) is 21.0. The van der Waals surface area contributed by atoms with E-state index < -0.39 is 15.9 Å². The Balaban J connectivity index is 1.52. The number of carbonyl (C=O) groups is 1. The molecule has 0 radical (unpaired) electrons. The van der Waals surface area contributed by atoms with E-state index in [1.165, 1.54) is 6.42 Å². The smallest absolute Gasteiger partial charge is 0.266 e. The quantitative estimate of drug-likeness (QED) is 0.361. The van der Waals surface area contributed by atoms with E-state index in [9.17, 15) is 13.2 Å². The van der Waals surface area contributed by atoms with Crippen molar-refractivity contribution < 1.29 is 17.9 Å². The van der Waals surface area contributed by atoms with Crippen molar-refractivity contribution in [2.24, 2.45) is 0 Å². The van der Waals surface area contributed by atoms with E-state index in [1.807, 2.05) is 60.7 Å². The fourth-order valence-electron chi connectivity index (χ4n) is 4.88. The summed E-state index contributed by atoms with van der Waals surface area (Å²) in [5, 5.41) is 0. The average molecular weight is 504 g/mol. The average Bonchev–Trinajstić information content (AvgIpc) is 3.27. The van der Waals surface area contributed by atoms with Crippen LogP contribution in [-0.2, 0) is 16.6 Å². The van der Waals surface area contributed by atoms with Gasteiger partial charge in [-0.2, -0.15) is 0 Å². The van der Waals surface area contributed by atoms with Crippen LogP contribution in [0.2, 0.25) is 0 Å². The molecule has 1 aliphatic carbocycles. The molecule has 1 N–H and O–H groups in total. The molecule has 1 heterocycles. The van der Waals surface area contributed by atoms with Crippen LogP contribution in [-0.4, -0.2) is 30.1 Å². The minimum absolute atomic E-state index is 0.247. The van der Waals surface area contributed by atoms with Crippen molar-refractivity contribution >= 4 is 27.0 Å². The molecule has 8 heteroatoms. The zero-order valence-electron chi connectivity index (χ0n) is 20.2. The number of imidazole rings is 1. The summed E-state index contributed by atoms with van der Waals surface area (Å²) in [7, 11) is -3.69. The van der Waals surface area contributed by atoms with Crippen LogP contribution in [0.4, 0.5) is 0 Å². The maximum Gasteiger partial charge on any atom is 0.266 e. The first kappa shape index (κ1) is 24.1. The first-order valence-electron chi connectivity index (χ1n) is 12.2. The summed E-state index contributed by atoms with van der Waals surface area (Å²) in [6.45, 7) is 0.486. The molecule has 0 atom stereocenters. The molecule has 186 valence electrons. The summed E-state index contributed by atoms with van der Waals surface area (Å²) in [5.41, 5.74) is 3.60. The summed E-state index contributed by atoms with van der Waals surface area (Å²) >= 11 is 0. The van der Waals surface area contributed by atoms with Crippen LogP contribution in [0.15, 0.2) is 72.8 Å². The van der Waals surface area contributed by atoms with Crippen molar-refractivity contribution in [1.29, 1.82) is 0 Å². The van der Waals surface area contributed by atoms with Gasteiger partial charge >= 0.3 is 0 Å². The van der Waals surface area contributed by atoms with Gasteiger partial charge in [0.15, 0.2) is 0 Å². The van der Waals surface area contributed by atoms with Crippen LogP contribution in [0.25, 0.3) is 22.4 Å². The number of fused-ring (bicyclic) bond motifs is 1. The molecule has 1 fully saturated rings. The van der Waals surface area contributed by atoms with Crippen molar-refractivity contribution in [3.63, 3.8) is 0 Å². The molecule has 36 heavy (non-hydrogen) atoms. The maximum atomic E-state index is 12.8. The molecule has 0 spiro atoms. The van der Waals surface area contributed by atoms with E-state index in [0.29, 0.717) is 12.1 Å². The fourth-order valence-corrected chi connectivity index (χ4v) is 5.32. The second kappa shape index (κ2) is 10.1. The lowest BCUT2D eigenvalue weighted by Gasteiger charge is -2.25. The molecule has 1 aliphatic rings. The van der Waals surface area contributed by atoms with Crippen LogP contribution in [0.1, 0.15) is 54.1 Å². The molecule has 0 bridgehead atoms. The van der Waals surface area contributed by atoms with Crippen molar-refractivity contribution in [3.05, 3.63) is 83.9 Å². The molecule has 7 nitrogen and oxygen atoms in total. The molecule has 5 rings (SSSR count). The van der Waals surface area contributed by atoms with Gasteiger partial charge in [-0.05, 0) is 54.8 Å². The molecule has 3 aromatic carbocycles. The van der Waals surface area contributed by atoms with Gasteiger partial charge in [-0.25, -0.2) is 18.1 Å². The third kappa shape index (κ3) is 5.28. The number of aromatic nitrogens is 2. The Morgan fingerprint density at radius 1 is 0.972 bits per heavy atom. The Labute approximate surface area is 211 Å². The number of rotatable bonds is 7. The Bertz CT molecular complexity index is 1470. The van der Waals surface area contributed by atoms with E-state index in [0.717, 1.165) is 60.2 Å². The number of amides is 1. The number of hydrogen-bond donors (Lipinski definition) is 1. The van der Waals surface area contributed by atoms with Crippen molar-refractivity contribution in [2.45, 2.75) is 44.8 Å².